The molecule has 0 aliphatic heterocycles. The molecule has 0 aromatic heterocycles. The molecule has 0 aliphatic rings. The van der Waals surface area contributed by atoms with Gasteiger partial charge in [-0.05, 0) is 79.3 Å². The average molecular weight is 619 g/mol. The van der Waals surface area contributed by atoms with E-state index in [4.69, 9.17) is 19.9 Å². The summed E-state index contributed by atoms with van der Waals surface area (Å²) in [5.74, 6) is -0.561. The maximum absolute atomic E-state index is 14.0. The second-order valence-corrected chi connectivity index (χ2v) is 10.8. The Balaban J connectivity index is 2.03. The van der Waals surface area contributed by atoms with E-state index in [1.807, 2.05) is 52.0 Å². The second-order valence-electron chi connectivity index (χ2n) is 10.8. The summed E-state index contributed by atoms with van der Waals surface area (Å²) in [5, 5.41) is 6.44. The Morgan fingerprint density at radius 2 is 1.62 bits per heavy atom. The van der Waals surface area contributed by atoms with Gasteiger partial charge in [0.1, 0.15) is 18.2 Å². The first-order valence-electron chi connectivity index (χ1n) is 15.4. The zero-order valence-corrected chi connectivity index (χ0v) is 27.2. The lowest BCUT2D eigenvalue weighted by molar-refractivity contribution is -0.119. The highest BCUT2D eigenvalue weighted by Gasteiger charge is 2.26. The zero-order valence-electron chi connectivity index (χ0n) is 27.2. The molecule has 3 rings (SSSR count). The lowest BCUT2D eigenvalue weighted by Gasteiger charge is -2.25. The minimum atomic E-state index is -0.607. The molecule has 0 saturated heterocycles. The standard InChI is InChI=1S/C35H46N4O6/c1-7-15-39(16-8-2)34(41)28-17-23(4)18-29(35(42)45-22-37-21-24-11-10-12-26(19-24)43-5)32(28)38-30-20-25(13-14-31(30)44-6)27(9-3)33(36)40/h10-14,17-20,27,37-38H,7-9,15-16,21-22H2,1-6H3,(H2,36,40). The van der Waals surface area contributed by atoms with E-state index in [0.717, 1.165) is 29.7 Å². The predicted octanol–water partition coefficient (Wildman–Crippen LogP) is 5.90. The highest BCUT2D eigenvalue weighted by molar-refractivity contribution is 6.07. The van der Waals surface area contributed by atoms with Crippen molar-refractivity contribution < 1.29 is 28.6 Å². The number of benzene rings is 3. The molecule has 1 unspecified atom stereocenters. The van der Waals surface area contributed by atoms with E-state index in [1.54, 1.807) is 42.3 Å². The molecule has 4 N–H and O–H groups in total. The number of esters is 1. The Labute approximate surface area is 266 Å². The Bertz CT molecular complexity index is 1470. The largest absolute Gasteiger partial charge is 0.497 e. The highest BCUT2D eigenvalue weighted by atomic mass is 16.5. The SMILES string of the molecule is CCCN(CCC)C(=O)c1cc(C)cc(C(=O)OCNCc2cccc(OC)c2)c1Nc1cc(C(CC)C(N)=O)ccc1OC. The van der Waals surface area contributed by atoms with Gasteiger partial charge in [-0.1, -0.05) is 39.0 Å². The number of carbonyl (C=O) groups is 3. The van der Waals surface area contributed by atoms with E-state index >= 15 is 0 Å². The third-order valence-corrected chi connectivity index (χ3v) is 7.41. The summed E-state index contributed by atoms with van der Waals surface area (Å²) < 4.78 is 16.6. The number of primary amides is 1. The summed E-state index contributed by atoms with van der Waals surface area (Å²) in [4.78, 5) is 41.6. The molecule has 10 heteroatoms. The molecular weight excluding hydrogens is 572 g/mol. The van der Waals surface area contributed by atoms with E-state index in [-0.39, 0.29) is 18.2 Å². The Morgan fingerprint density at radius 1 is 0.911 bits per heavy atom. The minimum Gasteiger partial charge on any atom is -0.497 e. The molecule has 3 aromatic carbocycles. The fraction of sp³-hybridized carbons (Fsp3) is 0.400. The van der Waals surface area contributed by atoms with Gasteiger partial charge in [-0.25, -0.2) is 4.79 Å². The summed E-state index contributed by atoms with van der Waals surface area (Å²) in [6.07, 6.45) is 2.09. The van der Waals surface area contributed by atoms with Crippen LogP contribution in [0, 0.1) is 6.92 Å². The fourth-order valence-electron chi connectivity index (χ4n) is 5.22. The van der Waals surface area contributed by atoms with E-state index in [1.165, 1.54) is 7.11 Å². The number of nitrogens with zero attached hydrogens (tertiary/aromatic N) is 1. The number of carbonyl (C=O) groups excluding carboxylic acids is 3. The van der Waals surface area contributed by atoms with Gasteiger partial charge in [0.2, 0.25) is 5.91 Å². The van der Waals surface area contributed by atoms with Gasteiger partial charge >= 0.3 is 5.97 Å². The van der Waals surface area contributed by atoms with E-state index in [0.29, 0.717) is 54.3 Å². The Hall–Kier alpha value is -4.57. The van der Waals surface area contributed by atoms with Crippen molar-refractivity contribution in [3.05, 3.63) is 82.4 Å². The van der Waals surface area contributed by atoms with Crippen molar-refractivity contribution in [2.24, 2.45) is 5.73 Å². The quantitative estimate of drug-likeness (QED) is 0.0968. The van der Waals surface area contributed by atoms with Crippen LogP contribution < -0.4 is 25.8 Å². The number of amides is 2. The van der Waals surface area contributed by atoms with E-state index in [2.05, 4.69) is 10.6 Å². The molecule has 1 atom stereocenters. The molecule has 0 spiro atoms. The van der Waals surface area contributed by atoms with Crippen LogP contribution in [0.2, 0.25) is 0 Å². The number of anilines is 2. The minimum absolute atomic E-state index is 0.0555. The van der Waals surface area contributed by atoms with Crippen molar-refractivity contribution in [1.29, 1.82) is 0 Å². The van der Waals surface area contributed by atoms with Crippen molar-refractivity contribution in [3.63, 3.8) is 0 Å². The van der Waals surface area contributed by atoms with Gasteiger partial charge in [0, 0.05) is 19.6 Å². The van der Waals surface area contributed by atoms with Crippen molar-refractivity contribution in [1.82, 2.24) is 10.2 Å². The van der Waals surface area contributed by atoms with Crippen LogP contribution in [0.15, 0.2) is 54.6 Å². The maximum Gasteiger partial charge on any atom is 0.341 e. The summed E-state index contributed by atoms with van der Waals surface area (Å²) in [6, 6.07) is 16.4. The predicted molar refractivity (Wildman–Crippen MR) is 176 cm³/mol. The smallest absolute Gasteiger partial charge is 0.341 e. The topological polar surface area (TPSA) is 132 Å². The second kappa shape index (κ2) is 17.1. The van der Waals surface area contributed by atoms with Crippen molar-refractivity contribution in [3.8, 4) is 11.5 Å². The molecule has 0 aliphatic carbocycles. The number of methoxy groups -OCH3 is 2. The normalized spacial score (nSPS) is 11.4. The summed E-state index contributed by atoms with van der Waals surface area (Å²) in [6.45, 7) is 9.31. The molecular formula is C35H46N4O6. The van der Waals surface area contributed by atoms with Crippen LogP contribution >= 0.6 is 0 Å². The van der Waals surface area contributed by atoms with Crippen molar-refractivity contribution in [2.75, 3.05) is 39.4 Å². The van der Waals surface area contributed by atoms with Crippen LogP contribution in [0.4, 0.5) is 11.4 Å². The molecule has 10 nitrogen and oxygen atoms in total. The molecule has 3 aromatic rings. The number of hydrogen-bond donors (Lipinski definition) is 3. The third kappa shape index (κ3) is 9.21. The first-order chi connectivity index (χ1) is 21.7. The maximum atomic E-state index is 14.0. The number of nitrogens with two attached hydrogens (primary N) is 1. The van der Waals surface area contributed by atoms with Crippen molar-refractivity contribution >= 4 is 29.2 Å². The van der Waals surface area contributed by atoms with Gasteiger partial charge in [-0.3, -0.25) is 14.9 Å². The molecule has 0 heterocycles. The van der Waals surface area contributed by atoms with Gasteiger partial charge in [0.05, 0.1) is 42.6 Å². The third-order valence-electron chi connectivity index (χ3n) is 7.41. The summed E-state index contributed by atoms with van der Waals surface area (Å²) in [7, 11) is 3.14. The molecule has 0 bridgehead atoms. The van der Waals surface area contributed by atoms with Crippen LogP contribution in [0.5, 0.6) is 11.5 Å². The molecule has 45 heavy (non-hydrogen) atoms. The summed E-state index contributed by atoms with van der Waals surface area (Å²) >= 11 is 0. The fourth-order valence-corrected chi connectivity index (χ4v) is 5.22. The Kier molecular flexibility index (Phi) is 13.2. The number of rotatable bonds is 17. The van der Waals surface area contributed by atoms with Gasteiger partial charge < -0.3 is 30.2 Å². The molecule has 2 amide bonds. The monoisotopic (exact) mass is 618 g/mol. The van der Waals surface area contributed by atoms with E-state index < -0.39 is 17.8 Å². The Morgan fingerprint density at radius 3 is 2.24 bits per heavy atom. The van der Waals surface area contributed by atoms with Gasteiger partial charge in [0.15, 0.2) is 0 Å². The number of ether oxygens (including phenoxy) is 3. The van der Waals surface area contributed by atoms with Crippen LogP contribution in [-0.2, 0) is 16.1 Å². The molecule has 242 valence electrons. The van der Waals surface area contributed by atoms with Crippen molar-refractivity contribution in [2.45, 2.75) is 59.4 Å². The first kappa shape index (κ1) is 34.9. The number of aryl methyl sites for hydroxylation is 1. The number of hydrogen-bond acceptors (Lipinski definition) is 8. The van der Waals surface area contributed by atoms with Crippen LogP contribution in [-0.4, -0.2) is 56.7 Å². The first-order valence-corrected chi connectivity index (χ1v) is 15.4. The molecule has 0 radical (unpaired) electrons. The van der Waals surface area contributed by atoms with Gasteiger partial charge in [0.25, 0.3) is 5.91 Å². The highest BCUT2D eigenvalue weighted by Crippen LogP contribution is 2.36. The van der Waals surface area contributed by atoms with Gasteiger partial charge in [-0.15, -0.1) is 0 Å². The van der Waals surface area contributed by atoms with Gasteiger partial charge in [-0.2, -0.15) is 0 Å². The average Bonchev–Trinajstić information content (AvgIpc) is 3.03. The van der Waals surface area contributed by atoms with E-state index in [9.17, 15) is 14.4 Å². The number of nitrogens with one attached hydrogen (secondary N) is 2. The lowest BCUT2D eigenvalue weighted by atomic mass is 9.95. The lowest BCUT2D eigenvalue weighted by Crippen LogP contribution is -2.33. The van der Waals surface area contributed by atoms with Crippen LogP contribution in [0.25, 0.3) is 0 Å². The van der Waals surface area contributed by atoms with Crippen LogP contribution in [0.1, 0.15) is 83.4 Å². The van der Waals surface area contributed by atoms with Crippen LogP contribution in [0.3, 0.4) is 0 Å². The summed E-state index contributed by atoms with van der Waals surface area (Å²) in [5.41, 5.74) is 9.38. The molecule has 0 fully saturated rings. The zero-order chi connectivity index (χ0) is 32.9. The molecule has 0 saturated carbocycles.